The highest BCUT2D eigenvalue weighted by Crippen LogP contribution is 2.02. The molecule has 21 heavy (non-hydrogen) atoms. The zero-order valence-corrected chi connectivity index (χ0v) is 12.5. The number of nitrogens with zero attached hydrogens (tertiary/aromatic N) is 4. The highest BCUT2D eigenvalue weighted by molar-refractivity contribution is 5.76. The summed E-state index contributed by atoms with van der Waals surface area (Å²) in [6.45, 7) is 5.92. The van der Waals surface area contributed by atoms with Crippen LogP contribution >= 0.6 is 0 Å². The van der Waals surface area contributed by atoms with Gasteiger partial charge in [0, 0.05) is 38.7 Å². The van der Waals surface area contributed by atoms with Crippen molar-refractivity contribution in [2.45, 2.75) is 45.7 Å². The number of nitrogens with two attached hydrogens (primary N) is 1. The number of amides is 1. The fourth-order valence-electron chi connectivity index (χ4n) is 1.98. The first-order valence-electron chi connectivity index (χ1n) is 7.13. The maximum Gasteiger partial charge on any atom is 0.320 e. The first kappa shape index (κ1) is 17.1. The van der Waals surface area contributed by atoms with E-state index in [1.54, 1.807) is 15.8 Å². The molecule has 8 nitrogen and oxygen atoms in total. The highest BCUT2D eigenvalue weighted by atomic mass is 16.4. The number of aryl methyl sites for hydroxylation is 1. The molecule has 0 saturated carbocycles. The summed E-state index contributed by atoms with van der Waals surface area (Å²) in [5.74, 6) is -0.928. The number of carbonyl (C=O) groups is 2. The van der Waals surface area contributed by atoms with Gasteiger partial charge in [0.1, 0.15) is 6.04 Å². The zero-order chi connectivity index (χ0) is 15.8. The quantitative estimate of drug-likeness (QED) is 0.657. The smallest absolute Gasteiger partial charge is 0.320 e. The molecule has 0 aliphatic carbocycles. The Kier molecular flexibility index (Phi) is 6.80. The minimum atomic E-state index is -1.06. The lowest BCUT2D eigenvalue weighted by atomic mass is 10.2. The Balaban J connectivity index is 2.38. The number of hydrogen-bond acceptors (Lipinski definition) is 5. The number of hydrogen-bond donors (Lipinski definition) is 2. The third-order valence-corrected chi connectivity index (χ3v) is 3.23. The lowest BCUT2D eigenvalue weighted by Crippen LogP contribution is -2.32. The van der Waals surface area contributed by atoms with Crippen molar-refractivity contribution in [1.82, 2.24) is 19.9 Å². The summed E-state index contributed by atoms with van der Waals surface area (Å²) >= 11 is 0. The molecule has 118 valence electrons. The van der Waals surface area contributed by atoms with E-state index in [1.165, 1.54) is 0 Å². The summed E-state index contributed by atoms with van der Waals surface area (Å²) in [4.78, 5) is 24.3. The van der Waals surface area contributed by atoms with Gasteiger partial charge in [-0.25, -0.2) is 0 Å². The second kappa shape index (κ2) is 8.35. The topological polar surface area (TPSA) is 114 Å². The van der Waals surface area contributed by atoms with Crippen molar-refractivity contribution in [2.75, 3.05) is 13.1 Å². The van der Waals surface area contributed by atoms with Crippen molar-refractivity contribution in [1.29, 1.82) is 0 Å². The van der Waals surface area contributed by atoms with Gasteiger partial charge in [0.2, 0.25) is 5.91 Å². The van der Waals surface area contributed by atoms with Crippen LogP contribution in [0.15, 0.2) is 6.20 Å². The number of carboxylic acids is 1. The first-order valence-corrected chi connectivity index (χ1v) is 7.13. The van der Waals surface area contributed by atoms with Crippen molar-refractivity contribution >= 4 is 11.9 Å². The predicted molar refractivity (Wildman–Crippen MR) is 76.5 cm³/mol. The summed E-state index contributed by atoms with van der Waals surface area (Å²) in [7, 11) is 0. The molecule has 0 aromatic carbocycles. The van der Waals surface area contributed by atoms with Crippen molar-refractivity contribution in [2.24, 2.45) is 5.73 Å². The summed E-state index contributed by atoms with van der Waals surface area (Å²) < 4.78 is 1.61. The van der Waals surface area contributed by atoms with Crippen LogP contribution in [0.25, 0.3) is 0 Å². The van der Waals surface area contributed by atoms with E-state index in [-0.39, 0.29) is 12.3 Å². The van der Waals surface area contributed by atoms with E-state index in [0.29, 0.717) is 25.1 Å². The van der Waals surface area contributed by atoms with Gasteiger partial charge in [0.05, 0.1) is 5.69 Å². The normalized spacial score (nSPS) is 12.1. The van der Waals surface area contributed by atoms with Gasteiger partial charge in [-0.05, 0) is 20.3 Å². The highest BCUT2D eigenvalue weighted by Gasteiger charge is 2.14. The Labute approximate surface area is 123 Å². The standard InChI is InChI=1S/C13H23N5O3/c1-3-17(4-2)12(19)6-5-7-18-9-10(15-16-18)8-11(14)13(20)21/h9,11H,3-8,14H2,1-2H3,(H,20,21). The molecule has 1 rings (SSSR count). The van der Waals surface area contributed by atoms with Crippen LogP contribution in [0.1, 0.15) is 32.4 Å². The van der Waals surface area contributed by atoms with Gasteiger partial charge in [-0.15, -0.1) is 5.10 Å². The average molecular weight is 297 g/mol. The molecule has 8 heteroatoms. The molecule has 3 N–H and O–H groups in total. The number of carboxylic acid groups (broad SMARTS) is 1. The fraction of sp³-hybridized carbons (Fsp3) is 0.692. The fourth-order valence-corrected chi connectivity index (χ4v) is 1.98. The average Bonchev–Trinajstić information content (AvgIpc) is 2.87. The molecule has 0 saturated heterocycles. The molecule has 1 atom stereocenters. The Morgan fingerprint density at radius 2 is 2.10 bits per heavy atom. The Morgan fingerprint density at radius 3 is 2.67 bits per heavy atom. The maximum atomic E-state index is 11.8. The van der Waals surface area contributed by atoms with Crippen LogP contribution in [0.2, 0.25) is 0 Å². The minimum absolute atomic E-state index is 0.133. The maximum absolute atomic E-state index is 11.8. The van der Waals surface area contributed by atoms with E-state index in [2.05, 4.69) is 10.3 Å². The van der Waals surface area contributed by atoms with Crippen molar-refractivity contribution < 1.29 is 14.7 Å². The lowest BCUT2D eigenvalue weighted by molar-refractivity contribution is -0.138. The summed E-state index contributed by atoms with van der Waals surface area (Å²) in [5.41, 5.74) is 5.98. The van der Waals surface area contributed by atoms with Crippen LogP contribution in [0.4, 0.5) is 0 Å². The van der Waals surface area contributed by atoms with Gasteiger partial charge in [-0.1, -0.05) is 5.21 Å². The van der Waals surface area contributed by atoms with E-state index in [9.17, 15) is 9.59 Å². The van der Waals surface area contributed by atoms with Gasteiger partial charge < -0.3 is 15.7 Å². The van der Waals surface area contributed by atoms with Gasteiger partial charge in [-0.3, -0.25) is 14.3 Å². The van der Waals surface area contributed by atoms with E-state index < -0.39 is 12.0 Å². The van der Waals surface area contributed by atoms with Gasteiger partial charge in [0.15, 0.2) is 0 Å². The number of carbonyl (C=O) groups excluding carboxylic acids is 1. The van der Waals surface area contributed by atoms with E-state index in [4.69, 9.17) is 10.8 Å². The number of aliphatic carboxylic acids is 1. The molecular weight excluding hydrogens is 274 g/mol. The van der Waals surface area contributed by atoms with Crippen LogP contribution < -0.4 is 5.73 Å². The molecule has 0 spiro atoms. The monoisotopic (exact) mass is 297 g/mol. The summed E-state index contributed by atoms with van der Waals surface area (Å²) in [5, 5.41) is 16.5. The molecule has 1 unspecified atom stereocenters. The van der Waals surface area contributed by atoms with Gasteiger partial charge >= 0.3 is 5.97 Å². The summed E-state index contributed by atoms with van der Waals surface area (Å²) in [6, 6.07) is -0.973. The van der Waals surface area contributed by atoms with E-state index in [1.807, 2.05) is 13.8 Å². The summed E-state index contributed by atoms with van der Waals surface area (Å²) in [6.07, 6.45) is 2.95. The van der Waals surface area contributed by atoms with E-state index >= 15 is 0 Å². The van der Waals surface area contributed by atoms with Crippen LogP contribution in [-0.4, -0.2) is 56.0 Å². The van der Waals surface area contributed by atoms with Crippen LogP contribution in [-0.2, 0) is 22.6 Å². The molecule has 0 fully saturated rings. The predicted octanol–water partition coefficient (Wildman–Crippen LogP) is -0.119. The molecule has 0 bridgehead atoms. The SMILES string of the molecule is CCN(CC)C(=O)CCCn1cc(CC(N)C(=O)O)nn1. The Morgan fingerprint density at radius 1 is 1.43 bits per heavy atom. The molecule has 0 radical (unpaired) electrons. The van der Waals surface area contributed by atoms with Crippen LogP contribution in [0, 0.1) is 0 Å². The molecule has 0 aliphatic heterocycles. The molecule has 1 aromatic heterocycles. The van der Waals surface area contributed by atoms with Crippen molar-refractivity contribution in [3.8, 4) is 0 Å². The lowest BCUT2D eigenvalue weighted by Gasteiger charge is -2.18. The number of rotatable bonds is 9. The largest absolute Gasteiger partial charge is 0.480 e. The molecule has 1 heterocycles. The third-order valence-electron chi connectivity index (χ3n) is 3.23. The van der Waals surface area contributed by atoms with Crippen molar-refractivity contribution in [3.63, 3.8) is 0 Å². The molecule has 1 amide bonds. The first-order chi connectivity index (χ1) is 9.97. The second-order valence-electron chi connectivity index (χ2n) is 4.79. The molecular formula is C13H23N5O3. The third kappa shape index (κ3) is 5.50. The molecule has 1 aromatic rings. The minimum Gasteiger partial charge on any atom is -0.480 e. The van der Waals surface area contributed by atoms with Crippen LogP contribution in [0.5, 0.6) is 0 Å². The van der Waals surface area contributed by atoms with E-state index in [0.717, 1.165) is 13.1 Å². The Bertz CT molecular complexity index is 470. The van der Waals surface area contributed by atoms with Crippen LogP contribution in [0.3, 0.4) is 0 Å². The zero-order valence-electron chi connectivity index (χ0n) is 12.5. The van der Waals surface area contributed by atoms with Crippen molar-refractivity contribution in [3.05, 3.63) is 11.9 Å². The van der Waals surface area contributed by atoms with Gasteiger partial charge in [-0.2, -0.15) is 0 Å². The second-order valence-corrected chi connectivity index (χ2v) is 4.79. The number of aromatic nitrogens is 3. The Hall–Kier alpha value is -1.96. The molecule has 0 aliphatic rings. The van der Waals surface area contributed by atoms with Gasteiger partial charge in [0.25, 0.3) is 0 Å².